The van der Waals surface area contributed by atoms with Crippen LogP contribution < -0.4 is 5.32 Å². The highest BCUT2D eigenvalue weighted by molar-refractivity contribution is 9.11. The predicted octanol–water partition coefficient (Wildman–Crippen LogP) is 4.80. The molecular weight excluding hydrogens is 332 g/mol. The molecule has 0 aliphatic rings. The molecular formula is C14H14BrF2NS. The number of nitrogens with one attached hydrogen (secondary N) is 1. The van der Waals surface area contributed by atoms with Crippen molar-refractivity contribution in [3.05, 3.63) is 55.7 Å². The number of aryl methyl sites for hydroxylation is 1. The molecule has 102 valence electrons. The van der Waals surface area contributed by atoms with E-state index in [1.165, 1.54) is 12.1 Å². The largest absolute Gasteiger partial charge is 0.306 e. The van der Waals surface area contributed by atoms with Gasteiger partial charge < -0.3 is 5.32 Å². The van der Waals surface area contributed by atoms with Gasteiger partial charge in [-0.15, -0.1) is 11.3 Å². The zero-order chi connectivity index (χ0) is 14.0. The monoisotopic (exact) mass is 345 g/mol. The molecule has 1 aromatic carbocycles. The van der Waals surface area contributed by atoms with Crippen LogP contribution in [0.25, 0.3) is 0 Å². The summed E-state index contributed by atoms with van der Waals surface area (Å²) in [5.41, 5.74) is 1.49. The summed E-state index contributed by atoms with van der Waals surface area (Å²) in [6.07, 6.45) is 0. The van der Waals surface area contributed by atoms with Gasteiger partial charge in [-0.05, 0) is 47.1 Å². The van der Waals surface area contributed by atoms with Gasteiger partial charge in [0.25, 0.3) is 0 Å². The summed E-state index contributed by atoms with van der Waals surface area (Å²) < 4.78 is 28.0. The highest BCUT2D eigenvalue weighted by atomic mass is 79.9. The third kappa shape index (κ3) is 3.22. The van der Waals surface area contributed by atoms with E-state index in [0.29, 0.717) is 12.1 Å². The molecule has 0 aliphatic carbocycles. The molecule has 1 unspecified atom stereocenters. The van der Waals surface area contributed by atoms with Gasteiger partial charge in [-0.3, -0.25) is 0 Å². The van der Waals surface area contributed by atoms with E-state index in [4.69, 9.17) is 0 Å². The van der Waals surface area contributed by atoms with Gasteiger partial charge in [-0.2, -0.15) is 0 Å². The minimum Gasteiger partial charge on any atom is -0.306 e. The molecule has 0 saturated heterocycles. The van der Waals surface area contributed by atoms with E-state index in [1.54, 1.807) is 11.3 Å². The maximum absolute atomic E-state index is 14.0. The fourth-order valence-electron chi connectivity index (χ4n) is 2.07. The molecule has 2 aromatic rings. The quantitative estimate of drug-likeness (QED) is 0.839. The van der Waals surface area contributed by atoms with Crippen molar-refractivity contribution in [2.45, 2.75) is 19.9 Å². The summed E-state index contributed by atoms with van der Waals surface area (Å²) in [5.74, 6) is -1.08. The van der Waals surface area contributed by atoms with Crippen molar-refractivity contribution in [2.24, 2.45) is 0 Å². The second-order valence-electron chi connectivity index (χ2n) is 4.22. The van der Waals surface area contributed by atoms with Gasteiger partial charge in [-0.1, -0.05) is 13.0 Å². The van der Waals surface area contributed by atoms with Crippen LogP contribution in [0.3, 0.4) is 0 Å². The first-order valence-corrected chi connectivity index (χ1v) is 7.58. The molecule has 0 amide bonds. The molecule has 1 atom stereocenters. The normalized spacial score (nSPS) is 12.7. The molecule has 2 rings (SSSR count). The zero-order valence-electron chi connectivity index (χ0n) is 10.6. The molecule has 0 radical (unpaired) electrons. The Hall–Kier alpha value is -0.780. The van der Waals surface area contributed by atoms with Gasteiger partial charge in [0, 0.05) is 16.5 Å². The summed E-state index contributed by atoms with van der Waals surface area (Å²) in [7, 11) is 0. The van der Waals surface area contributed by atoms with Crippen molar-refractivity contribution in [1.29, 1.82) is 0 Å². The number of hydrogen-bond donors (Lipinski definition) is 1. The van der Waals surface area contributed by atoms with E-state index in [1.807, 2.05) is 19.9 Å². The molecule has 0 bridgehead atoms. The summed E-state index contributed by atoms with van der Waals surface area (Å²) in [4.78, 5) is 1.11. The second kappa shape index (κ2) is 6.11. The molecule has 0 fully saturated rings. The topological polar surface area (TPSA) is 12.0 Å². The Morgan fingerprint density at radius 2 is 2.00 bits per heavy atom. The lowest BCUT2D eigenvalue weighted by Gasteiger charge is -2.19. The predicted molar refractivity (Wildman–Crippen MR) is 78.6 cm³/mol. The fraction of sp³-hybridized carbons (Fsp3) is 0.286. The molecule has 1 heterocycles. The van der Waals surface area contributed by atoms with E-state index in [2.05, 4.69) is 21.2 Å². The average molecular weight is 346 g/mol. The van der Waals surface area contributed by atoms with Gasteiger partial charge >= 0.3 is 0 Å². The molecule has 1 N–H and O–H groups in total. The smallest absolute Gasteiger partial charge is 0.131 e. The van der Waals surface area contributed by atoms with E-state index < -0.39 is 11.6 Å². The molecule has 0 saturated carbocycles. The summed E-state index contributed by atoms with van der Waals surface area (Å²) >= 11 is 5.05. The maximum atomic E-state index is 14.0. The van der Waals surface area contributed by atoms with Crippen LogP contribution >= 0.6 is 27.3 Å². The Morgan fingerprint density at radius 3 is 2.53 bits per heavy atom. The second-order valence-corrected chi connectivity index (χ2v) is 6.85. The molecule has 5 heteroatoms. The number of benzene rings is 1. The first-order valence-electron chi connectivity index (χ1n) is 5.97. The molecule has 1 aromatic heterocycles. The van der Waals surface area contributed by atoms with Gasteiger partial charge in [0.05, 0.1) is 9.83 Å². The number of thiophene rings is 1. The third-order valence-corrected chi connectivity index (χ3v) is 4.49. The lowest BCUT2D eigenvalue weighted by molar-refractivity contribution is 0.541. The Labute approximate surface area is 123 Å². The van der Waals surface area contributed by atoms with E-state index in [0.717, 1.165) is 20.3 Å². The number of halogens is 3. The van der Waals surface area contributed by atoms with Crippen LogP contribution in [-0.2, 0) is 0 Å². The average Bonchev–Trinajstić information content (AvgIpc) is 2.66. The van der Waals surface area contributed by atoms with Crippen molar-refractivity contribution in [2.75, 3.05) is 6.54 Å². The summed E-state index contributed by atoms with van der Waals surface area (Å²) in [5, 5.41) is 3.25. The van der Waals surface area contributed by atoms with Gasteiger partial charge in [-0.25, -0.2) is 8.78 Å². The van der Waals surface area contributed by atoms with Crippen LogP contribution in [0.5, 0.6) is 0 Å². The van der Waals surface area contributed by atoms with Gasteiger partial charge in [0.15, 0.2) is 0 Å². The Balaban J connectivity index is 2.48. The lowest BCUT2D eigenvalue weighted by atomic mass is 9.99. The van der Waals surface area contributed by atoms with Crippen LogP contribution in [0.2, 0.25) is 0 Å². The third-order valence-electron chi connectivity index (χ3n) is 2.92. The summed E-state index contributed by atoms with van der Waals surface area (Å²) in [6, 6.07) is 5.45. The van der Waals surface area contributed by atoms with E-state index in [-0.39, 0.29) is 6.04 Å². The molecule has 0 aliphatic heterocycles. The van der Waals surface area contributed by atoms with Crippen LogP contribution in [0, 0.1) is 18.6 Å². The van der Waals surface area contributed by atoms with E-state index >= 15 is 0 Å². The molecule has 19 heavy (non-hydrogen) atoms. The number of hydrogen-bond acceptors (Lipinski definition) is 2. The molecule has 1 nitrogen and oxygen atoms in total. The highest BCUT2D eigenvalue weighted by Gasteiger charge is 2.20. The van der Waals surface area contributed by atoms with Crippen LogP contribution in [0.4, 0.5) is 8.78 Å². The minimum absolute atomic E-state index is 0.256. The van der Waals surface area contributed by atoms with Crippen molar-refractivity contribution in [3.63, 3.8) is 0 Å². The SMILES string of the molecule is CCNC(c1ccc(F)cc1F)c1cc(Br)sc1C. The van der Waals surface area contributed by atoms with Crippen molar-refractivity contribution in [3.8, 4) is 0 Å². The van der Waals surface area contributed by atoms with Crippen molar-refractivity contribution < 1.29 is 8.78 Å². The van der Waals surface area contributed by atoms with Crippen LogP contribution in [0.1, 0.15) is 29.0 Å². The lowest BCUT2D eigenvalue weighted by Crippen LogP contribution is -2.23. The highest BCUT2D eigenvalue weighted by Crippen LogP contribution is 2.34. The minimum atomic E-state index is -0.556. The van der Waals surface area contributed by atoms with Crippen molar-refractivity contribution in [1.82, 2.24) is 5.32 Å². The van der Waals surface area contributed by atoms with Crippen molar-refractivity contribution >= 4 is 27.3 Å². The zero-order valence-corrected chi connectivity index (χ0v) is 13.0. The first-order chi connectivity index (χ1) is 9.02. The Kier molecular flexibility index (Phi) is 4.71. The molecule has 0 spiro atoms. The van der Waals surface area contributed by atoms with Crippen LogP contribution in [0.15, 0.2) is 28.1 Å². The standard InChI is InChI=1S/C14H14BrF2NS/c1-3-18-14(11-7-13(15)19-8(11)2)10-5-4-9(16)6-12(10)17/h4-7,14,18H,3H2,1-2H3. The van der Waals surface area contributed by atoms with Gasteiger partial charge in [0.1, 0.15) is 11.6 Å². The Bertz CT molecular complexity index is 583. The number of rotatable bonds is 4. The summed E-state index contributed by atoms with van der Waals surface area (Å²) in [6.45, 7) is 4.66. The van der Waals surface area contributed by atoms with E-state index in [9.17, 15) is 8.78 Å². The Morgan fingerprint density at radius 1 is 1.26 bits per heavy atom. The fourth-order valence-corrected chi connectivity index (χ4v) is 3.82. The van der Waals surface area contributed by atoms with Gasteiger partial charge in [0.2, 0.25) is 0 Å². The first kappa shape index (κ1) is 14.6. The maximum Gasteiger partial charge on any atom is 0.131 e. The van der Waals surface area contributed by atoms with Crippen LogP contribution in [-0.4, -0.2) is 6.54 Å².